The Bertz CT molecular complexity index is 342. The van der Waals surface area contributed by atoms with Gasteiger partial charge >= 0.3 is 12.1 Å². The van der Waals surface area contributed by atoms with Gasteiger partial charge in [0.05, 0.1) is 6.42 Å². The molecule has 0 aromatic carbocycles. The largest absolute Gasteiger partial charge is 0.481 e. The SMILES string of the molecule is C=CCOC(=O)N1CC(CC(=O)O)(C2CC2)C1. The topological polar surface area (TPSA) is 66.8 Å². The monoisotopic (exact) mass is 239 g/mol. The van der Waals surface area contributed by atoms with E-state index in [2.05, 4.69) is 6.58 Å². The second-order valence-electron chi connectivity index (χ2n) is 4.93. The van der Waals surface area contributed by atoms with E-state index in [9.17, 15) is 9.59 Å². The number of carbonyl (C=O) groups is 2. The summed E-state index contributed by atoms with van der Waals surface area (Å²) in [6, 6.07) is 0. The molecule has 0 aromatic heterocycles. The first kappa shape index (κ1) is 12.0. The van der Waals surface area contributed by atoms with Crippen molar-refractivity contribution in [2.24, 2.45) is 11.3 Å². The number of nitrogens with zero attached hydrogens (tertiary/aromatic N) is 1. The molecule has 1 saturated heterocycles. The van der Waals surface area contributed by atoms with Crippen LogP contribution in [0.2, 0.25) is 0 Å². The van der Waals surface area contributed by atoms with Crippen LogP contribution in [-0.2, 0) is 9.53 Å². The van der Waals surface area contributed by atoms with E-state index in [0.717, 1.165) is 12.8 Å². The summed E-state index contributed by atoms with van der Waals surface area (Å²) in [5.41, 5.74) is -0.195. The molecule has 0 aromatic rings. The summed E-state index contributed by atoms with van der Waals surface area (Å²) < 4.78 is 4.92. The van der Waals surface area contributed by atoms with Crippen molar-refractivity contribution in [1.82, 2.24) is 4.90 Å². The van der Waals surface area contributed by atoms with Gasteiger partial charge in [0.2, 0.25) is 0 Å². The van der Waals surface area contributed by atoms with Gasteiger partial charge in [0.1, 0.15) is 6.61 Å². The standard InChI is InChI=1S/C12H17NO4/c1-2-5-17-11(16)13-7-12(8-13,6-10(14)15)9-3-4-9/h2,9H,1,3-8H2,(H,14,15). The molecular weight excluding hydrogens is 222 g/mol. The van der Waals surface area contributed by atoms with Gasteiger partial charge in [-0.05, 0) is 18.8 Å². The van der Waals surface area contributed by atoms with Crippen molar-refractivity contribution in [3.05, 3.63) is 12.7 Å². The molecule has 2 aliphatic rings. The van der Waals surface area contributed by atoms with Gasteiger partial charge < -0.3 is 14.7 Å². The zero-order valence-corrected chi connectivity index (χ0v) is 9.72. The Kier molecular flexibility index (Phi) is 3.09. The van der Waals surface area contributed by atoms with Crippen LogP contribution in [-0.4, -0.2) is 41.8 Å². The van der Waals surface area contributed by atoms with Crippen LogP contribution >= 0.6 is 0 Å². The van der Waals surface area contributed by atoms with Gasteiger partial charge in [-0.25, -0.2) is 4.79 Å². The van der Waals surface area contributed by atoms with Gasteiger partial charge in [-0.1, -0.05) is 12.7 Å². The van der Waals surface area contributed by atoms with Crippen LogP contribution in [0.15, 0.2) is 12.7 Å². The third kappa shape index (κ3) is 2.43. The highest BCUT2D eigenvalue weighted by Gasteiger charge is 2.55. The normalized spacial score (nSPS) is 21.5. The zero-order chi connectivity index (χ0) is 12.5. The third-order valence-electron chi connectivity index (χ3n) is 3.54. The number of carbonyl (C=O) groups excluding carboxylic acids is 1. The lowest BCUT2D eigenvalue weighted by Crippen LogP contribution is -2.60. The molecule has 0 radical (unpaired) electrons. The highest BCUT2D eigenvalue weighted by atomic mass is 16.6. The number of hydrogen-bond acceptors (Lipinski definition) is 3. The minimum atomic E-state index is -0.781. The van der Waals surface area contributed by atoms with Crippen molar-refractivity contribution < 1.29 is 19.4 Å². The number of hydrogen-bond donors (Lipinski definition) is 1. The van der Waals surface area contributed by atoms with Crippen molar-refractivity contribution >= 4 is 12.1 Å². The van der Waals surface area contributed by atoms with Crippen LogP contribution in [0.4, 0.5) is 4.79 Å². The van der Waals surface area contributed by atoms with Crippen LogP contribution in [0.25, 0.3) is 0 Å². The third-order valence-corrected chi connectivity index (χ3v) is 3.54. The molecule has 0 unspecified atom stereocenters. The maximum absolute atomic E-state index is 11.5. The van der Waals surface area contributed by atoms with E-state index in [1.807, 2.05) is 0 Å². The lowest BCUT2D eigenvalue weighted by atomic mass is 9.72. The molecule has 5 heteroatoms. The number of rotatable bonds is 5. The van der Waals surface area contributed by atoms with Crippen molar-refractivity contribution in [3.8, 4) is 0 Å². The Balaban J connectivity index is 1.87. The van der Waals surface area contributed by atoms with E-state index >= 15 is 0 Å². The molecule has 1 saturated carbocycles. The summed E-state index contributed by atoms with van der Waals surface area (Å²) in [4.78, 5) is 23.9. The first-order chi connectivity index (χ1) is 8.07. The van der Waals surface area contributed by atoms with Gasteiger partial charge in [-0.3, -0.25) is 4.79 Å². The summed E-state index contributed by atoms with van der Waals surface area (Å²) in [5.74, 6) is -0.307. The molecule has 0 atom stereocenters. The fourth-order valence-electron chi connectivity index (χ4n) is 2.58. The fraction of sp³-hybridized carbons (Fsp3) is 0.667. The highest BCUT2D eigenvalue weighted by Crippen LogP contribution is 2.53. The average molecular weight is 239 g/mol. The second-order valence-corrected chi connectivity index (χ2v) is 4.93. The smallest absolute Gasteiger partial charge is 0.410 e. The van der Waals surface area contributed by atoms with E-state index in [4.69, 9.17) is 9.84 Å². The van der Waals surface area contributed by atoms with Gasteiger partial charge in [-0.15, -0.1) is 0 Å². The van der Waals surface area contributed by atoms with Crippen molar-refractivity contribution in [1.29, 1.82) is 0 Å². The predicted octanol–water partition coefficient (Wildman–Crippen LogP) is 1.50. The van der Waals surface area contributed by atoms with Crippen LogP contribution in [0.1, 0.15) is 19.3 Å². The number of carboxylic acid groups (broad SMARTS) is 1. The Morgan fingerprint density at radius 3 is 2.59 bits per heavy atom. The van der Waals surface area contributed by atoms with Gasteiger partial charge in [0.25, 0.3) is 0 Å². The van der Waals surface area contributed by atoms with Gasteiger partial charge in [-0.2, -0.15) is 0 Å². The minimum Gasteiger partial charge on any atom is -0.481 e. The zero-order valence-electron chi connectivity index (χ0n) is 9.72. The van der Waals surface area contributed by atoms with E-state index in [-0.39, 0.29) is 24.5 Å². The first-order valence-corrected chi connectivity index (χ1v) is 5.82. The molecule has 0 spiro atoms. The van der Waals surface area contributed by atoms with E-state index < -0.39 is 5.97 Å². The quantitative estimate of drug-likeness (QED) is 0.738. The maximum Gasteiger partial charge on any atom is 0.410 e. The Morgan fingerprint density at radius 2 is 2.12 bits per heavy atom. The molecule has 17 heavy (non-hydrogen) atoms. The lowest BCUT2D eigenvalue weighted by molar-refractivity contribution is -0.144. The molecule has 2 rings (SSSR count). The lowest BCUT2D eigenvalue weighted by Gasteiger charge is -2.49. The summed E-state index contributed by atoms with van der Waals surface area (Å²) >= 11 is 0. The Hall–Kier alpha value is -1.52. The Morgan fingerprint density at radius 1 is 1.47 bits per heavy atom. The average Bonchev–Trinajstić information content (AvgIpc) is 3.02. The van der Waals surface area contributed by atoms with Crippen molar-refractivity contribution in [2.45, 2.75) is 19.3 Å². The van der Waals surface area contributed by atoms with E-state index in [0.29, 0.717) is 19.0 Å². The number of aliphatic carboxylic acids is 1. The molecule has 2 fully saturated rings. The van der Waals surface area contributed by atoms with Crippen LogP contribution in [0.5, 0.6) is 0 Å². The summed E-state index contributed by atoms with van der Waals surface area (Å²) in [5, 5.41) is 8.91. The molecule has 5 nitrogen and oxygen atoms in total. The number of ether oxygens (including phenoxy) is 1. The van der Waals surface area contributed by atoms with E-state index in [1.165, 1.54) is 6.08 Å². The fourth-order valence-corrected chi connectivity index (χ4v) is 2.58. The van der Waals surface area contributed by atoms with Crippen molar-refractivity contribution in [2.75, 3.05) is 19.7 Å². The maximum atomic E-state index is 11.5. The van der Waals surface area contributed by atoms with E-state index in [1.54, 1.807) is 4.90 Å². The van der Waals surface area contributed by atoms with Gasteiger partial charge in [0.15, 0.2) is 0 Å². The van der Waals surface area contributed by atoms with Crippen LogP contribution in [0, 0.1) is 11.3 Å². The number of carboxylic acids is 1. The summed E-state index contributed by atoms with van der Waals surface area (Å²) in [7, 11) is 0. The second kappa shape index (κ2) is 4.39. The number of amides is 1. The molecule has 1 aliphatic carbocycles. The highest BCUT2D eigenvalue weighted by molar-refractivity contribution is 5.72. The molecule has 1 heterocycles. The molecule has 1 aliphatic heterocycles. The first-order valence-electron chi connectivity index (χ1n) is 5.82. The molecular formula is C12H17NO4. The van der Waals surface area contributed by atoms with Gasteiger partial charge in [0, 0.05) is 18.5 Å². The van der Waals surface area contributed by atoms with Crippen LogP contribution < -0.4 is 0 Å². The number of likely N-dealkylation sites (tertiary alicyclic amines) is 1. The molecule has 1 amide bonds. The summed E-state index contributed by atoms with van der Waals surface area (Å²) in [6.45, 7) is 4.70. The predicted molar refractivity (Wildman–Crippen MR) is 60.5 cm³/mol. The minimum absolute atomic E-state index is 0.156. The molecule has 94 valence electrons. The molecule has 0 bridgehead atoms. The van der Waals surface area contributed by atoms with Crippen molar-refractivity contribution in [3.63, 3.8) is 0 Å². The van der Waals surface area contributed by atoms with Crippen LogP contribution in [0.3, 0.4) is 0 Å². The molecule has 1 N–H and O–H groups in total. The summed E-state index contributed by atoms with van der Waals surface area (Å²) in [6.07, 6.45) is 3.48. The Labute approximate surface area is 100 Å².